The molecule has 4 nitrogen and oxygen atoms in total. The van der Waals surface area contributed by atoms with Crippen LogP contribution in [0.3, 0.4) is 0 Å². The van der Waals surface area contributed by atoms with Gasteiger partial charge < -0.3 is 10.4 Å². The molecule has 1 aliphatic rings. The molecule has 0 amide bonds. The second-order valence-corrected chi connectivity index (χ2v) is 7.73. The summed E-state index contributed by atoms with van der Waals surface area (Å²) in [5, 5.41) is 13.9. The first kappa shape index (κ1) is 19.9. The molecule has 1 aromatic heterocycles. The van der Waals surface area contributed by atoms with Gasteiger partial charge in [0.1, 0.15) is 11.6 Å². The molecular formula is C23H25F2N3O. The van der Waals surface area contributed by atoms with E-state index in [1.165, 1.54) is 18.2 Å². The SMILES string of the molecule is CN1[C@H](CO)C[C@H](CNCc2ccc3cc(F)ccc3n2)[C@@H]1c1ccccc1F. The summed E-state index contributed by atoms with van der Waals surface area (Å²) >= 11 is 0. The van der Waals surface area contributed by atoms with Gasteiger partial charge in [0.2, 0.25) is 0 Å². The summed E-state index contributed by atoms with van der Waals surface area (Å²) in [5.74, 6) is -0.312. The number of pyridine rings is 1. The number of nitrogens with zero attached hydrogens (tertiary/aromatic N) is 2. The third-order valence-electron chi connectivity index (χ3n) is 5.89. The maximum Gasteiger partial charge on any atom is 0.127 e. The molecule has 29 heavy (non-hydrogen) atoms. The fourth-order valence-corrected chi connectivity index (χ4v) is 4.41. The Morgan fingerprint density at radius 2 is 1.97 bits per heavy atom. The number of likely N-dealkylation sites (N-methyl/N-ethyl adjacent to an activating group) is 1. The number of hydrogen-bond donors (Lipinski definition) is 2. The van der Waals surface area contributed by atoms with E-state index in [1.807, 2.05) is 31.3 Å². The highest BCUT2D eigenvalue weighted by Gasteiger charge is 2.40. The smallest absolute Gasteiger partial charge is 0.127 e. The van der Waals surface area contributed by atoms with E-state index < -0.39 is 0 Å². The molecule has 0 radical (unpaired) electrons. The topological polar surface area (TPSA) is 48.4 Å². The van der Waals surface area contributed by atoms with E-state index in [9.17, 15) is 13.9 Å². The Hall–Kier alpha value is -2.41. The van der Waals surface area contributed by atoms with E-state index in [2.05, 4.69) is 15.2 Å². The fraction of sp³-hybridized carbons (Fsp3) is 0.348. The second-order valence-electron chi connectivity index (χ2n) is 7.73. The monoisotopic (exact) mass is 397 g/mol. The van der Waals surface area contributed by atoms with Crippen LogP contribution in [-0.2, 0) is 6.54 Å². The van der Waals surface area contributed by atoms with Gasteiger partial charge in [0.05, 0.1) is 17.8 Å². The molecule has 1 aliphatic heterocycles. The van der Waals surface area contributed by atoms with Crippen LogP contribution in [0.1, 0.15) is 23.7 Å². The average Bonchev–Trinajstić information content (AvgIpc) is 3.04. The molecule has 2 aromatic carbocycles. The molecule has 3 atom stereocenters. The van der Waals surface area contributed by atoms with Crippen molar-refractivity contribution in [1.82, 2.24) is 15.2 Å². The van der Waals surface area contributed by atoms with Crippen molar-refractivity contribution in [2.45, 2.75) is 25.0 Å². The van der Waals surface area contributed by atoms with Crippen LogP contribution < -0.4 is 5.32 Å². The lowest BCUT2D eigenvalue weighted by molar-refractivity contribution is 0.151. The molecule has 1 saturated heterocycles. The van der Waals surface area contributed by atoms with Gasteiger partial charge in [-0.2, -0.15) is 0 Å². The predicted molar refractivity (Wildman–Crippen MR) is 109 cm³/mol. The molecule has 4 rings (SSSR count). The lowest BCUT2D eigenvalue weighted by Crippen LogP contribution is -2.32. The van der Waals surface area contributed by atoms with Gasteiger partial charge in [-0.15, -0.1) is 0 Å². The molecule has 2 N–H and O–H groups in total. The number of hydrogen-bond acceptors (Lipinski definition) is 4. The van der Waals surface area contributed by atoms with Gasteiger partial charge in [-0.05, 0) is 49.7 Å². The summed E-state index contributed by atoms with van der Waals surface area (Å²) in [5.41, 5.74) is 2.30. The van der Waals surface area contributed by atoms with Crippen molar-refractivity contribution in [2.24, 2.45) is 5.92 Å². The van der Waals surface area contributed by atoms with Crippen LogP contribution in [0.5, 0.6) is 0 Å². The van der Waals surface area contributed by atoms with E-state index in [1.54, 1.807) is 12.1 Å². The van der Waals surface area contributed by atoms with Crippen molar-refractivity contribution in [2.75, 3.05) is 20.2 Å². The van der Waals surface area contributed by atoms with Gasteiger partial charge in [0.25, 0.3) is 0 Å². The molecule has 1 fully saturated rings. The predicted octanol–water partition coefficient (Wildman–Crippen LogP) is 3.66. The summed E-state index contributed by atoms with van der Waals surface area (Å²) in [4.78, 5) is 6.66. The molecule has 152 valence electrons. The normalized spacial score (nSPS) is 22.4. The Labute approximate surface area is 169 Å². The summed E-state index contributed by atoms with van der Waals surface area (Å²) in [6.45, 7) is 1.31. The highest BCUT2D eigenvalue weighted by molar-refractivity contribution is 5.78. The van der Waals surface area contributed by atoms with Crippen molar-refractivity contribution < 1.29 is 13.9 Å². The maximum absolute atomic E-state index is 14.4. The lowest BCUT2D eigenvalue weighted by Gasteiger charge is -2.28. The van der Waals surface area contributed by atoms with E-state index >= 15 is 0 Å². The minimum atomic E-state index is -0.270. The average molecular weight is 397 g/mol. The molecule has 0 spiro atoms. The van der Waals surface area contributed by atoms with E-state index in [4.69, 9.17) is 0 Å². The van der Waals surface area contributed by atoms with Gasteiger partial charge >= 0.3 is 0 Å². The third kappa shape index (κ3) is 4.15. The molecule has 6 heteroatoms. The zero-order chi connectivity index (χ0) is 20.4. The third-order valence-corrected chi connectivity index (χ3v) is 5.89. The van der Waals surface area contributed by atoms with Crippen molar-refractivity contribution in [1.29, 1.82) is 0 Å². The van der Waals surface area contributed by atoms with Crippen LogP contribution in [-0.4, -0.2) is 41.2 Å². The molecular weight excluding hydrogens is 372 g/mol. The minimum absolute atomic E-state index is 0.0140. The summed E-state index contributed by atoms with van der Waals surface area (Å²) in [6.07, 6.45) is 0.795. The first-order chi connectivity index (χ1) is 14.1. The molecule has 0 bridgehead atoms. The number of benzene rings is 2. The first-order valence-corrected chi connectivity index (χ1v) is 9.90. The van der Waals surface area contributed by atoms with E-state index in [0.717, 1.165) is 23.0 Å². The maximum atomic E-state index is 14.4. The molecule has 2 heterocycles. The Morgan fingerprint density at radius 1 is 1.14 bits per heavy atom. The van der Waals surface area contributed by atoms with Crippen LogP contribution in [0.4, 0.5) is 8.78 Å². The van der Waals surface area contributed by atoms with Crippen molar-refractivity contribution >= 4 is 10.9 Å². The molecule has 3 aromatic rings. The molecule has 0 unspecified atom stereocenters. The number of nitrogens with one attached hydrogen (secondary N) is 1. The Kier molecular flexibility index (Phi) is 5.85. The van der Waals surface area contributed by atoms with Gasteiger partial charge in [-0.1, -0.05) is 24.3 Å². The number of rotatable bonds is 6. The van der Waals surface area contributed by atoms with Crippen molar-refractivity contribution in [3.8, 4) is 0 Å². The van der Waals surface area contributed by atoms with Crippen molar-refractivity contribution in [3.63, 3.8) is 0 Å². The Morgan fingerprint density at radius 3 is 2.76 bits per heavy atom. The highest BCUT2D eigenvalue weighted by atomic mass is 19.1. The van der Waals surface area contributed by atoms with Crippen LogP contribution in [0.25, 0.3) is 10.9 Å². The van der Waals surface area contributed by atoms with Crippen LogP contribution in [0, 0.1) is 17.6 Å². The number of fused-ring (bicyclic) bond motifs is 1. The Bertz CT molecular complexity index is 997. The number of aliphatic hydroxyl groups excluding tert-OH is 1. The Balaban J connectivity index is 1.46. The fourth-order valence-electron chi connectivity index (χ4n) is 4.41. The van der Waals surface area contributed by atoms with Gasteiger partial charge in [0, 0.05) is 36.1 Å². The second kappa shape index (κ2) is 8.53. The largest absolute Gasteiger partial charge is 0.395 e. The quantitative estimate of drug-likeness (QED) is 0.667. The summed E-state index contributed by atoms with van der Waals surface area (Å²) in [7, 11) is 1.95. The summed E-state index contributed by atoms with van der Waals surface area (Å²) in [6, 6.07) is 15.1. The van der Waals surface area contributed by atoms with Crippen molar-refractivity contribution in [3.05, 3.63) is 77.5 Å². The lowest BCUT2D eigenvalue weighted by atomic mass is 9.92. The van der Waals surface area contributed by atoms with E-state index in [0.29, 0.717) is 18.7 Å². The zero-order valence-corrected chi connectivity index (χ0v) is 16.4. The zero-order valence-electron chi connectivity index (χ0n) is 16.4. The minimum Gasteiger partial charge on any atom is -0.395 e. The number of halogens is 2. The van der Waals surface area contributed by atoms with Crippen LogP contribution >= 0.6 is 0 Å². The number of aliphatic hydroxyl groups is 1. The molecule has 0 saturated carbocycles. The van der Waals surface area contributed by atoms with Crippen LogP contribution in [0.15, 0.2) is 54.6 Å². The van der Waals surface area contributed by atoms with E-state index in [-0.39, 0.29) is 36.2 Å². The number of aromatic nitrogens is 1. The first-order valence-electron chi connectivity index (χ1n) is 9.90. The number of likely N-dealkylation sites (tertiary alicyclic amines) is 1. The standard InChI is InChI=1S/C23H25F2N3O/c1-28-19(14-29)11-16(23(28)20-4-2-3-5-21(20)25)12-26-13-18-8-6-15-10-17(24)7-9-22(15)27-18/h2-10,16,19,23,26,29H,11-14H2,1H3/t16-,19+,23-/m1/s1. The van der Waals surface area contributed by atoms with Gasteiger partial charge in [-0.25, -0.2) is 8.78 Å². The highest BCUT2D eigenvalue weighted by Crippen LogP contribution is 2.40. The van der Waals surface area contributed by atoms with Crippen LogP contribution in [0.2, 0.25) is 0 Å². The van der Waals surface area contributed by atoms with Gasteiger partial charge in [0.15, 0.2) is 0 Å². The summed E-state index contributed by atoms with van der Waals surface area (Å²) < 4.78 is 27.8. The van der Waals surface area contributed by atoms with Gasteiger partial charge in [-0.3, -0.25) is 9.88 Å². The molecule has 0 aliphatic carbocycles.